The third kappa shape index (κ3) is 5.41. The Kier molecular flexibility index (Phi) is 7.44. The van der Waals surface area contributed by atoms with Crippen LogP contribution in [0, 0.1) is 0 Å². The van der Waals surface area contributed by atoms with E-state index in [9.17, 15) is 9.59 Å². The Morgan fingerprint density at radius 2 is 1.97 bits per heavy atom. The number of hydrogen-bond acceptors (Lipinski definition) is 4. The molecule has 0 saturated carbocycles. The number of nitrogens with one attached hydrogen (secondary N) is 3. The second-order valence-electron chi connectivity index (χ2n) is 10.00. The lowest BCUT2D eigenvalue weighted by molar-refractivity contribution is -0.124. The van der Waals surface area contributed by atoms with Gasteiger partial charge in [-0.25, -0.2) is 5.48 Å². The van der Waals surface area contributed by atoms with Crippen LogP contribution in [0.15, 0.2) is 66.9 Å². The highest BCUT2D eigenvalue weighted by atomic mass is 16.5. The van der Waals surface area contributed by atoms with Crippen LogP contribution in [0.3, 0.4) is 0 Å². The number of amides is 2. The molecule has 2 heterocycles. The highest BCUT2D eigenvalue weighted by Gasteiger charge is 2.28. The highest BCUT2D eigenvalue weighted by molar-refractivity contribution is 5.92. The maximum atomic E-state index is 12.4. The summed E-state index contributed by atoms with van der Waals surface area (Å²) in [7, 11) is 3.51. The van der Waals surface area contributed by atoms with Crippen LogP contribution in [0.25, 0.3) is 17.0 Å². The second-order valence-corrected chi connectivity index (χ2v) is 10.00. The number of benzene rings is 2. The number of rotatable bonds is 9. The van der Waals surface area contributed by atoms with Crippen LogP contribution in [-0.2, 0) is 24.2 Å². The summed E-state index contributed by atoms with van der Waals surface area (Å²) < 4.78 is 0. The van der Waals surface area contributed by atoms with Gasteiger partial charge in [0.1, 0.15) is 5.69 Å². The Morgan fingerprint density at radius 1 is 1.13 bits per heavy atom. The maximum Gasteiger partial charge on any atom is 0.269 e. The fourth-order valence-corrected chi connectivity index (χ4v) is 5.37. The van der Waals surface area contributed by atoms with Crippen molar-refractivity contribution >= 4 is 28.8 Å². The van der Waals surface area contributed by atoms with Crippen LogP contribution in [0.4, 0.5) is 0 Å². The van der Waals surface area contributed by atoms with E-state index in [-0.39, 0.29) is 11.9 Å². The molecule has 2 aromatic carbocycles. The molecule has 0 unspecified atom stereocenters. The van der Waals surface area contributed by atoms with E-state index in [0.29, 0.717) is 12.2 Å². The van der Waals surface area contributed by atoms with E-state index in [1.807, 2.05) is 24.3 Å². The van der Waals surface area contributed by atoms with Gasteiger partial charge in [-0.1, -0.05) is 36.4 Å². The summed E-state index contributed by atoms with van der Waals surface area (Å²) in [4.78, 5) is 34.6. The van der Waals surface area contributed by atoms with Crippen molar-refractivity contribution < 1.29 is 14.8 Å². The van der Waals surface area contributed by atoms with E-state index in [2.05, 4.69) is 51.4 Å². The molecule has 0 bridgehead atoms. The van der Waals surface area contributed by atoms with Gasteiger partial charge >= 0.3 is 0 Å². The van der Waals surface area contributed by atoms with E-state index in [1.165, 1.54) is 28.2 Å². The topological polar surface area (TPSA) is 104 Å². The third-order valence-electron chi connectivity index (χ3n) is 7.29. The average Bonchev–Trinajstić information content (AvgIpc) is 3.67. The van der Waals surface area contributed by atoms with Gasteiger partial charge < -0.3 is 14.9 Å². The number of carbonyl (C=O) groups excluding carboxylic acids is 2. The van der Waals surface area contributed by atoms with Crippen molar-refractivity contribution in [2.24, 2.45) is 0 Å². The van der Waals surface area contributed by atoms with Crippen LogP contribution in [0.1, 0.15) is 50.9 Å². The van der Waals surface area contributed by atoms with Gasteiger partial charge in [-0.15, -0.1) is 0 Å². The lowest BCUT2D eigenvalue weighted by atomic mass is 10.0. The first-order valence-electron chi connectivity index (χ1n) is 12.9. The van der Waals surface area contributed by atoms with Crippen LogP contribution in [0.5, 0.6) is 0 Å². The smallest absolute Gasteiger partial charge is 0.269 e. The number of hydrogen-bond donors (Lipinski definition) is 4. The first-order chi connectivity index (χ1) is 18.4. The minimum Gasteiger partial charge on any atom is -0.361 e. The van der Waals surface area contributed by atoms with Crippen molar-refractivity contribution in [3.8, 4) is 0 Å². The van der Waals surface area contributed by atoms with Crippen molar-refractivity contribution in [1.29, 1.82) is 0 Å². The molecular formula is C30H33N5O3. The molecule has 0 fully saturated rings. The Morgan fingerprint density at radius 3 is 2.79 bits per heavy atom. The molecule has 0 aliphatic heterocycles. The molecule has 5 rings (SSSR count). The summed E-state index contributed by atoms with van der Waals surface area (Å²) in [6, 6.07) is 18.8. The Balaban J connectivity index is 1.40. The van der Waals surface area contributed by atoms with Gasteiger partial charge in [-0.2, -0.15) is 0 Å². The van der Waals surface area contributed by atoms with Crippen LogP contribution in [0.2, 0.25) is 0 Å². The van der Waals surface area contributed by atoms with Crippen LogP contribution >= 0.6 is 0 Å². The number of carbonyl (C=O) groups is 2. The van der Waals surface area contributed by atoms with Gasteiger partial charge in [-0.05, 0) is 65.8 Å². The number of hydroxylamine groups is 1. The van der Waals surface area contributed by atoms with Crippen molar-refractivity contribution in [2.75, 3.05) is 20.6 Å². The zero-order valence-corrected chi connectivity index (χ0v) is 21.7. The summed E-state index contributed by atoms with van der Waals surface area (Å²) in [5.74, 6) is -0.590. The van der Waals surface area contributed by atoms with Gasteiger partial charge in [0.2, 0.25) is 0 Å². The normalized spacial score (nSPS) is 14.9. The van der Waals surface area contributed by atoms with Gasteiger partial charge in [-0.3, -0.25) is 19.7 Å². The van der Waals surface area contributed by atoms with Gasteiger partial charge in [0.15, 0.2) is 0 Å². The Hall–Kier alpha value is -4.14. The number of aromatic amines is 2. The molecule has 8 heteroatoms. The van der Waals surface area contributed by atoms with Gasteiger partial charge in [0.05, 0.1) is 0 Å². The largest absolute Gasteiger partial charge is 0.361 e. The van der Waals surface area contributed by atoms with E-state index in [0.717, 1.165) is 42.6 Å². The molecule has 4 N–H and O–H groups in total. The van der Waals surface area contributed by atoms with Crippen molar-refractivity contribution in [3.63, 3.8) is 0 Å². The minimum absolute atomic E-state index is 0.0386. The van der Waals surface area contributed by atoms with E-state index in [4.69, 9.17) is 5.21 Å². The summed E-state index contributed by atoms with van der Waals surface area (Å²) in [5.41, 5.74) is 9.16. The van der Waals surface area contributed by atoms with Gasteiger partial charge in [0, 0.05) is 62.1 Å². The molecule has 4 aromatic rings. The summed E-state index contributed by atoms with van der Waals surface area (Å²) in [6.07, 6.45) is 7.98. The molecule has 1 aliphatic rings. The summed E-state index contributed by atoms with van der Waals surface area (Å²) >= 11 is 0. The quantitative estimate of drug-likeness (QED) is 0.151. The van der Waals surface area contributed by atoms with E-state index >= 15 is 0 Å². The second kappa shape index (κ2) is 11.1. The van der Waals surface area contributed by atoms with E-state index in [1.54, 1.807) is 30.6 Å². The molecule has 0 radical (unpaired) electrons. The lowest BCUT2D eigenvalue weighted by Crippen LogP contribution is -2.29. The molecule has 0 spiro atoms. The van der Waals surface area contributed by atoms with Crippen molar-refractivity contribution in [1.82, 2.24) is 25.2 Å². The molecular weight excluding hydrogens is 478 g/mol. The van der Waals surface area contributed by atoms with Crippen molar-refractivity contribution in [3.05, 3.63) is 101 Å². The molecule has 2 amide bonds. The molecule has 0 saturated heterocycles. The number of H-pyrrole nitrogens is 2. The third-order valence-corrected chi connectivity index (χ3v) is 7.29. The molecule has 1 atom stereocenters. The van der Waals surface area contributed by atoms with Crippen molar-refractivity contribution in [2.45, 2.75) is 31.8 Å². The number of aromatic nitrogens is 2. The van der Waals surface area contributed by atoms with Crippen LogP contribution in [-0.4, -0.2) is 57.4 Å². The Labute approximate surface area is 221 Å². The molecule has 2 aromatic heterocycles. The Bertz CT molecular complexity index is 1480. The summed E-state index contributed by atoms with van der Waals surface area (Å²) in [6.45, 7) is 1.56. The number of fused-ring (bicyclic) bond motifs is 2. The standard InChI is InChI=1S/C30H33N5O3/c1-34(2)30(37)27-12-10-23(32-27)19-35(16-15-22-18-31-26-6-4-3-5-24(22)26)28-13-9-21-17-20(7-11-25(21)28)8-14-29(36)33-38/h3-8,10-12,14,17-18,28,31-32,38H,9,13,15-16,19H2,1-2H3,(H,33,36)/b14-8+/t28-/m0/s1. The lowest BCUT2D eigenvalue weighted by Gasteiger charge is -2.29. The number of para-hydroxylation sites is 1. The van der Waals surface area contributed by atoms with E-state index < -0.39 is 5.91 Å². The highest BCUT2D eigenvalue weighted by Crippen LogP contribution is 2.37. The maximum absolute atomic E-state index is 12.4. The SMILES string of the molecule is CN(C)C(=O)c1ccc(CN(CCc2c[nH]c3ccccc23)[C@H]2CCc3cc(/C=C/C(=O)NO)ccc32)[nH]1. The minimum atomic E-state index is -0.551. The first kappa shape index (κ1) is 25.5. The number of nitrogens with zero attached hydrogens (tertiary/aromatic N) is 2. The zero-order chi connectivity index (χ0) is 26.6. The monoisotopic (exact) mass is 511 g/mol. The fraction of sp³-hybridized carbons (Fsp3) is 0.267. The zero-order valence-electron chi connectivity index (χ0n) is 21.7. The predicted octanol–water partition coefficient (Wildman–Crippen LogP) is 4.45. The average molecular weight is 512 g/mol. The van der Waals surface area contributed by atoms with Crippen LogP contribution < -0.4 is 5.48 Å². The molecule has 38 heavy (non-hydrogen) atoms. The first-order valence-corrected chi connectivity index (χ1v) is 12.9. The molecule has 196 valence electrons. The van der Waals surface area contributed by atoms with Gasteiger partial charge in [0.25, 0.3) is 11.8 Å². The fourth-order valence-electron chi connectivity index (χ4n) is 5.37. The molecule has 1 aliphatic carbocycles. The summed E-state index contributed by atoms with van der Waals surface area (Å²) in [5, 5.41) is 9.99. The molecule has 8 nitrogen and oxygen atoms in total. The number of aryl methyl sites for hydroxylation is 1. The predicted molar refractivity (Wildman–Crippen MR) is 148 cm³/mol.